The SMILES string of the molecule is COc1ccc(CN(C)C(=O)COC(=O)c2ccc(O)cc2)cc1OC. The zero-order chi connectivity index (χ0) is 19.1. The Kier molecular flexibility index (Phi) is 6.43. The van der Waals surface area contributed by atoms with Crippen molar-refractivity contribution in [3.8, 4) is 17.2 Å². The van der Waals surface area contributed by atoms with Crippen LogP contribution in [-0.4, -0.2) is 49.8 Å². The normalized spacial score (nSPS) is 10.1. The molecule has 0 aliphatic carbocycles. The highest BCUT2D eigenvalue weighted by molar-refractivity contribution is 5.91. The lowest BCUT2D eigenvalue weighted by Crippen LogP contribution is -2.30. The maximum absolute atomic E-state index is 12.2. The second kappa shape index (κ2) is 8.75. The van der Waals surface area contributed by atoms with E-state index in [4.69, 9.17) is 14.2 Å². The Morgan fingerprint density at radius 1 is 1.00 bits per heavy atom. The van der Waals surface area contributed by atoms with Crippen molar-refractivity contribution in [3.63, 3.8) is 0 Å². The van der Waals surface area contributed by atoms with Crippen molar-refractivity contribution in [1.29, 1.82) is 0 Å². The lowest BCUT2D eigenvalue weighted by atomic mass is 10.2. The van der Waals surface area contributed by atoms with Crippen LogP contribution >= 0.6 is 0 Å². The van der Waals surface area contributed by atoms with Crippen molar-refractivity contribution >= 4 is 11.9 Å². The van der Waals surface area contributed by atoms with Crippen LogP contribution in [0.3, 0.4) is 0 Å². The number of hydrogen-bond donors (Lipinski definition) is 1. The summed E-state index contributed by atoms with van der Waals surface area (Å²) in [5.41, 5.74) is 1.11. The average Bonchev–Trinajstić information content (AvgIpc) is 2.66. The molecule has 0 unspecified atom stereocenters. The van der Waals surface area contributed by atoms with Crippen LogP contribution in [0, 0.1) is 0 Å². The number of benzene rings is 2. The molecule has 138 valence electrons. The monoisotopic (exact) mass is 359 g/mol. The van der Waals surface area contributed by atoms with Crippen LogP contribution in [0.15, 0.2) is 42.5 Å². The number of carbonyl (C=O) groups is 2. The molecule has 2 aromatic rings. The molecule has 0 aliphatic heterocycles. The number of ether oxygens (including phenoxy) is 3. The number of aromatic hydroxyl groups is 1. The van der Waals surface area contributed by atoms with E-state index in [0.717, 1.165) is 5.56 Å². The summed E-state index contributed by atoms with van der Waals surface area (Å²) in [6, 6.07) is 11.0. The number of carbonyl (C=O) groups excluding carboxylic acids is 2. The smallest absolute Gasteiger partial charge is 0.338 e. The molecule has 0 atom stereocenters. The topological polar surface area (TPSA) is 85.3 Å². The van der Waals surface area contributed by atoms with Crippen LogP contribution in [0.2, 0.25) is 0 Å². The summed E-state index contributed by atoms with van der Waals surface area (Å²) < 4.78 is 15.4. The maximum atomic E-state index is 12.2. The Morgan fingerprint density at radius 2 is 1.65 bits per heavy atom. The summed E-state index contributed by atoms with van der Waals surface area (Å²) in [7, 11) is 4.71. The van der Waals surface area contributed by atoms with Crippen molar-refractivity contribution in [3.05, 3.63) is 53.6 Å². The first kappa shape index (κ1) is 19.1. The van der Waals surface area contributed by atoms with E-state index in [2.05, 4.69) is 0 Å². The molecule has 7 nitrogen and oxygen atoms in total. The average molecular weight is 359 g/mol. The molecule has 0 radical (unpaired) electrons. The molecule has 7 heteroatoms. The van der Waals surface area contributed by atoms with Crippen molar-refractivity contribution in [2.45, 2.75) is 6.54 Å². The Bertz CT molecular complexity index is 772. The number of phenolic OH excluding ortho intramolecular Hbond substituents is 1. The lowest BCUT2D eigenvalue weighted by Gasteiger charge is -2.18. The number of likely N-dealkylation sites (N-methyl/N-ethyl adjacent to an activating group) is 1. The molecular formula is C19H21NO6. The van der Waals surface area contributed by atoms with Gasteiger partial charge in [-0.2, -0.15) is 0 Å². The van der Waals surface area contributed by atoms with E-state index in [-0.39, 0.29) is 23.8 Å². The van der Waals surface area contributed by atoms with Crippen molar-refractivity contribution in [2.75, 3.05) is 27.9 Å². The van der Waals surface area contributed by atoms with Gasteiger partial charge in [-0.3, -0.25) is 4.79 Å². The summed E-state index contributed by atoms with van der Waals surface area (Å²) in [6.45, 7) is -0.0422. The quantitative estimate of drug-likeness (QED) is 0.763. The summed E-state index contributed by atoms with van der Waals surface area (Å²) in [5.74, 6) is 0.259. The van der Waals surface area contributed by atoms with Crippen LogP contribution in [-0.2, 0) is 16.1 Å². The van der Waals surface area contributed by atoms with E-state index < -0.39 is 5.97 Å². The van der Waals surface area contributed by atoms with Gasteiger partial charge in [0.05, 0.1) is 19.8 Å². The minimum Gasteiger partial charge on any atom is -0.508 e. The fraction of sp³-hybridized carbons (Fsp3) is 0.263. The molecule has 0 spiro atoms. The first-order valence-electron chi connectivity index (χ1n) is 7.85. The maximum Gasteiger partial charge on any atom is 0.338 e. The molecule has 0 saturated carbocycles. The van der Waals surface area contributed by atoms with Crippen LogP contribution in [0.4, 0.5) is 0 Å². The van der Waals surface area contributed by atoms with E-state index in [1.54, 1.807) is 33.4 Å². The van der Waals surface area contributed by atoms with Gasteiger partial charge in [-0.25, -0.2) is 4.79 Å². The highest BCUT2D eigenvalue weighted by atomic mass is 16.5. The number of rotatable bonds is 7. The molecule has 1 N–H and O–H groups in total. The van der Waals surface area contributed by atoms with Crippen LogP contribution in [0.1, 0.15) is 15.9 Å². The minimum absolute atomic E-state index is 0.0484. The molecule has 2 aromatic carbocycles. The minimum atomic E-state index is -0.627. The number of hydrogen-bond acceptors (Lipinski definition) is 6. The predicted molar refractivity (Wildman–Crippen MR) is 94.4 cm³/mol. The summed E-state index contributed by atoms with van der Waals surface area (Å²) in [4.78, 5) is 25.5. The Balaban J connectivity index is 1.91. The number of methoxy groups -OCH3 is 2. The third-order valence-corrected chi connectivity index (χ3v) is 3.72. The van der Waals surface area contributed by atoms with E-state index in [1.165, 1.54) is 29.2 Å². The Labute approximate surface area is 151 Å². The van der Waals surface area contributed by atoms with Gasteiger partial charge in [0.2, 0.25) is 0 Å². The first-order chi connectivity index (χ1) is 12.4. The van der Waals surface area contributed by atoms with Crippen LogP contribution in [0.5, 0.6) is 17.2 Å². The predicted octanol–water partition coefficient (Wildman–Crippen LogP) is 2.22. The first-order valence-corrected chi connectivity index (χ1v) is 7.85. The van der Waals surface area contributed by atoms with Gasteiger partial charge >= 0.3 is 5.97 Å². The van der Waals surface area contributed by atoms with Gasteiger partial charge in [0.1, 0.15) is 5.75 Å². The lowest BCUT2D eigenvalue weighted by molar-refractivity contribution is -0.133. The Morgan fingerprint density at radius 3 is 2.27 bits per heavy atom. The largest absolute Gasteiger partial charge is 0.508 e. The third-order valence-electron chi connectivity index (χ3n) is 3.72. The fourth-order valence-corrected chi connectivity index (χ4v) is 2.26. The molecule has 0 fully saturated rings. The number of esters is 1. The second-order valence-electron chi connectivity index (χ2n) is 5.56. The summed E-state index contributed by atoms with van der Waals surface area (Å²) in [6.07, 6.45) is 0. The van der Waals surface area contributed by atoms with Gasteiger partial charge in [-0.05, 0) is 42.0 Å². The summed E-state index contributed by atoms with van der Waals surface area (Å²) >= 11 is 0. The molecule has 1 amide bonds. The molecule has 2 rings (SSSR count). The van der Waals surface area contributed by atoms with Gasteiger partial charge in [0.25, 0.3) is 5.91 Å². The molecule has 26 heavy (non-hydrogen) atoms. The Hall–Kier alpha value is -3.22. The van der Waals surface area contributed by atoms with Gasteiger partial charge in [-0.1, -0.05) is 6.07 Å². The molecule has 0 saturated heterocycles. The van der Waals surface area contributed by atoms with E-state index >= 15 is 0 Å². The van der Waals surface area contributed by atoms with Crippen LogP contribution < -0.4 is 9.47 Å². The fourth-order valence-electron chi connectivity index (χ4n) is 2.26. The molecule has 0 aliphatic rings. The zero-order valence-corrected chi connectivity index (χ0v) is 14.9. The van der Waals surface area contributed by atoms with E-state index in [1.807, 2.05) is 6.07 Å². The van der Waals surface area contributed by atoms with Crippen molar-refractivity contribution in [2.24, 2.45) is 0 Å². The number of phenols is 1. The van der Waals surface area contributed by atoms with Gasteiger partial charge in [-0.15, -0.1) is 0 Å². The van der Waals surface area contributed by atoms with Crippen LogP contribution in [0.25, 0.3) is 0 Å². The number of amides is 1. The molecule has 0 aromatic heterocycles. The number of nitrogens with zero attached hydrogens (tertiary/aromatic N) is 1. The van der Waals surface area contributed by atoms with Gasteiger partial charge in [0, 0.05) is 13.6 Å². The van der Waals surface area contributed by atoms with Crippen molar-refractivity contribution < 1.29 is 28.9 Å². The highest BCUT2D eigenvalue weighted by Crippen LogP contribution is 2.27. The van der Waals surface area contributed by atoms with Gasteiger partial charge < -0.3 is 24.2 Å². The third kappa shape index (κ3) is 4.89. The van der Waals surface area contributed by atoms with Crippen molar-refractivity contribution in [1.82, 2.24) is 4.90 Å². The molecular weight excluding hydrogens is 338 g/mol. The van der Waals surface area contributed by atoms with Gasteiger partial charge in [0.15, 0.2) is 18.1 Å². The standard InChI is InChI=1S/C19H21NO6/c1-20(11-13-4-9-16(24-2)17(10-13)25-3)18(22)12-26-19(23)14-5-7-15(21)8-6-14/h4-10,21H,11-12H2,1-3H3. The zero-order valence-electron chi connectivity index (χ0n) is 14.9. The highest BCUT2D eigenvalue weighted by Gasteiger charge is 2.15. The van der Waals surface area contributed by atoms with E-state index in [9.17, 15) is 14.7 Å². The molecule has 0 heterocycles. The van der Waals surface area contributed by atoms with E-state index in [0.29, 0.717) is 18.0 Å². The second-order valence-corrected chi connectivity index (χ2v) is 5.56. The molecule has 0 bridgehead atoms. The summed E-state index contributed by atoms with van der Waals surface area (Å²) in [5, 5.41) is 9.21.